The lowest BCUT2D eigenvalue weighted by Gasteiger charge is -2.46. The van der Waals surface area contributed by atoms with Crippen LogP contribution in [0.2, 0.25) is 0 Å². The van der Waals surface area contributed by atoms with Crippen LogP contribution in [0, 0.1) is 11.8 Å². The molecular weight excluding hydrogens is 294 g/mol. The van der Waals surface area contributed by atoms with Gasteiger partial charge in [-0.3, -0.25) is 4.79 Å². The average molecular weight is 317 g/mol. The fourth-order valence-corrected chi connectivity index (χ4v) is 5.45. The van der Waals surface area contributed by atoms with Crippen LogP contribution in [-0.2, 0) is 0 Å². The van der Waals surface area contributed by atoms with Crippen molar-refractivity contribution in [2.75, 3.05) is 7.05 Å². The highest BCUT2D eigenvalue weighted by Gasteiger charge is 2.56. The number of hydrogen-bond donors (Lipinski definition) is 1. The van der Waals surface area contributed by atoms with Gasteiger partial charge in [-0.15, -0.1) is 0 Å². The molecule has 1 N–H and O–H groups in total. The summed E-state index contributed by atoms with van der Waals surface area (Å²) < 4.78 is 0. The number of hydrogen-bond acceptors (Lipinski definition) is 4. The summed E-state index contributed by atoms with van der Waals surface area (Å²) in [5.74, 6) is 0.994. The molecule has 4 heteroatoms. The minimum atomic E-state index is -0.313. The predicted octanol–water partition coefficient (Wildman–Crippen LogP) is 2.79. The number of rotatable bonds is 4. The van der Waals surface area contributed by atoms with Crippen LogP contribution in [0.5, 0.6) is 0 Å². The van der Waals surface area contributed by atoms with Crippen molar-refractivity contribution in [1.29, 1.82) is 0 Å². The van der Waals surface area contributed by atoms with E-state index in [4.69, 9.17) is 0 Å². The summed E-state index contributed by atoms with van der Waals surface area (Å²) in [6.45, 7) is 0. The first-order valence-electron chi connectivity index (χ1n) is 8.31. The van der Waals surface area contributed by atoms with Gasteiger partial charge in [-0.25, -0.2) is 0 Å². The maximum Gasteiger partial charge on any atom is 0.219 e. The highest BCUT2D eigenvalue weighted by Crippen LogP contribution is 2.53. The van der Waals surface area contributed by atoms with E-state index < -0.39 is 0 Å². The van der Waals surface area contributed by atoms with Crippen molar-refractivity contribution in [1.82, 2.24) is 4.90 Å². The third kappa shape index (κ3) is 2.51. The molecule has 0 heterocycles. The Kier molecular flexibility index (Phi) is 3.79. The third-order valence-corrected chi connectivity index (χ3v) is 7.02. The Hall–Kier alpha value is -0.840. The molecule has 4 rings (SSSR count). The number of fused-ring (bicyclic) bond motifs is 1. The van der Waals surface area contributed by atoms with Gasteiger partial charge in [-0.1, -0.05) is 42.1 Å². The molecule has 0 amide bonds. The normalized spacial score (nSPS) is 37.0. The van der Waals surface area contributed by atoms with E-state index in [2.05, 4.69) is 11.9 Å². The monoisotopic (exact) mass is 317 g/mol. The fourth-order valence-electron chi connectivity index (χ4n) is 4.24. The molecule has 3 nitrogen and oxygen atoms in total. The summed E-state index contributed by atoms with van der Waals surface area (Å²) in [4.78, 5) is 14.9. The van der Waals surface area contributed by atoms with Gasteiger partial charge in [0.25, 0.3) is 0 Å². The standard InChI is InChI=1S/C18H23NO2S/c1-19(12-7-8-12)15-9-14-13(15)10-16(17(14)20)22-18(21)11-5-3-2-4-6-11/h2-6,12-17,20H,7-10H2,1H3/t13-,14-,15+,16+,17+/m0/s1. The molecule has 0 saturated heterocycles. The van der Waals surface area contributed by atoms with Gasteiger partial charge in [0, 0.05) is 22.9 Å². The van der Waals surface area contributed by atoms with E-state index in [1.165, 1.54) is 24.6 Å². The number of carbonyl (C=O) groups is 1. The molecule has 0 spiro atoms. The van der Waals surface area contributed by atoms with Gasteiger partial charge in [-0.2, -0.15) is 0 Å². The SMILES string of the molecule is CN(C1CC1)[C@@H]1C[C@@H]2[C@@H](O)[C@H](SC(=O)c3ccccc3)C[C@@H]21. The molecule has 5 atom stereocenters. The first-order chi connectivity index (χ1) is 10.6. The van der Waals surface area contributed by atoms with Crippen molar-refractivity contribution in [3.8, 4) is 0 Å². The van der Waals surface area contributed by atoms with E-state index in [-0.39, 0.29) is 16.5 Å². The quantitative estimate of drug-likeness (QED) is 0.927. The molecule has 3 fully saturated rings. The second-order valence-electron chi connectivity index (χ2n) is 7.06. The topological polar surface area (TPSA) is 40.5 Å². The first kappa shape index (κ1) is 14.7. The van der Waals surface area contributed by atoms with E-state index >= 15 is 0 Å². The third-order valence-electron chi connectivity index (χ3n) is 5.80. The Balaban J connectivity index is 1.39. The summed E-state index contributed by atoms with van der Waals surface area (Å²) in [5, 5.41) is 10.7. The van der Waals surface area contributed by atoms with Crippen LogP contribution in [0.15, 0.2) is 30.3 Å². The van der Waals surface area contributed by atoms with Crippen LogP contribution >= 0.6 is 11.8 Å². The summed E-state index contributed by atoms with van der Waals surface area (Å²) in [6, 6.07) is 10.8. The molecule has 3 saturated carbocycles. The highest BCUT2D eigenvalue weighted by atomic mass is 32.2. The Morgan fingerprint density at radius 3 is 2.59 bits per heavy atom. The molecule has 0 aromatic heterocycles. The summed E-state index contributed by atoms with van der Waals surface area (Å²) in [7, 11) is 2.24. The average Bonchev–Trinajstić information content (AvgIpc) is 3.32. The minimum Gasteiger partial charge on any atom is -0.392 e. The highest BCUT2D eigenvalue weighted by molar-refractivity contribution is 8.14. The van der Waals surface area contributed by atoms with Crippen molar-refractivity contribution in [3.63, 3.8) is 0 Å². The second kappa shape index (κ2) is 5.66. The Morgan fingerprint density at radius 2 is 1.91 bits per heavy atom. The molecule has 118 valence electrons. The van der Waals surface area contributed by atoms with E-state index in [9.17, 15) is 9.90 Å². The van der Waals surface area contributed by atoms with Crippen LogP contribution in [0.4, 0.5) is 0 Å². The van der Waals surface area contributed by atoms with Gasteiger partial charge >= 0.3 is 0 Å². The van der Waals surface area contributed by atoms with Gasteiger partial charge in [0.05, 0.1) is 6.10 Å². The van der Waals surface area contributed by atoms with Crippen molar-refractivity contribution in [3.05, 3.63) is 35.9 Å². The number of thioether (sulfide) groups is 1. The molecule has 3 aliphatic carbocycles. The molecule has 0 aliphatic heterocycles. The van der Waals surface area contributed by atoms with Gasteiger partial charge in [-0.05, 0) is 44.6 Å². The molecule has 0 radical (unpaired) electrons. The summed E-state index contributed by atoms with van der Waals surface area (Å²) >= 11 is 1.35. The van der Waals surface area contributed by atoms with E-state index in [0.29, 0.717) is 17.9 Å². The smallest absolute Gasteiger partial charge is 0.219 e. The number of aliphatic hydroxyl groups excluding tert-OH is 1. The summed E-state index contributed by atoms with van der Waals surface area (Å²) in [5.41, 5.74) is 0.741. The Bertz CT molecular complexity index is 559. The lowest BCUT2D eigenvalue weighted by Crippen LogP contribution is -2.52. The van der Waals surface area contributed by atoms with Crippen molar-refractivity contribution >= 4 is 16.9 Å². The number of aliphatic hydroxyl groups is 1. The van der Waals surface area contributed by atoms with Gasteiger partial charge in [0.15, 0.2) is 0 Å². The lowest BCUT2D eigenvalue weighted by atomic mass is 9.70. The van der Waals surface area contributed by atoms with Gasteiger partial charge < -0.3 is 10.0 Å². The molecule has 0 unspecified atom stereocenters. The van der Waals surface area contributed by atoms with Crippen LogP contribution in [0.3, 0.4) is 0 Å². The Labute approximate surface area is 136 Å². The van der Waals surface area contributed by atoms with E-state index in [0.717, 1.165) is 24.4 Å². The molecule has 1 aromatic rings. The maximum absolute atomic E-state index is 12.4. The molecule has 0 bridgehead atoms. The van der Waals surface area contributed by atoms with Crippen LogP contribution in [0.25, 0.3) is 0 Å². The molecule has 3 aliphatic rings. The van der Waals surface area contributed by atoms with Crippen LogP contribution in [-0.4, -0.2) is 45.6 Å². The minimum absolute atomic E-state index is 0.0697. The van der Waals surface area contributed by atoms with E-state index in [1.807, 2.05) is 30.3 Å². The van der Waals surface area contributed by atoms with Crippen molar-refractivity contribution in [2.45, 2.75) is 49.1 Å². The second-order valence-corrected chi connectivity index (χ2v) is 8.28. The fraction of sp³-hybridized carbons (Fsp3) is 0.611. The zero-order chi connectivity index (χ0) is 15.3. The molecule has 1 aromatic carbocycles. The molecular formula is C18H23NO2S. The summed E-state index contributed by atoms with van der Waals surface area (Å²) in [6.07, 6.45) is 4.44. The van der Waals surface area contributed by atoms with Crippen LogP contribution in [0.1, 0.15) is 36.0 Å². The van der Waals surface area contributed by atoms with E-state index in [1.54, 1.807) is 0 Å². The van der Waals surface area contributed by atoms with Gasteiger partial charge in [0.2, 0.25) is 5.12 Å². The van der Waals surface area contributed by atoms with Crippen molar-refractivity contribution < 1.29 is 9.90 Å². The first-order valence-corrected chi connectivity index (χ1v) is 9.19. The zero-order valence-electron chi connectivity index (χ0n) is 12.9. The lowest BCUT2D eigenvalue weighted by molar-refractivity contribution is -0.0141. The largest absolute Gasteiger partial charge is 0.392 e. The number of carbonyl (C=O) groups excluding carboxylic acids is 1. The maximum atomic E-state index is 12.4. The Morgan fingerprint density at radius 1 is 1.18 bits per heavy atom. The zero-order valence-corrected chi connectivity index (χ0v) is 13.7. The molecule has 22 heavy (non-hydrogen) atoms. The van der Waals surface area contributed by atoms with Crippen LogP contribution < -0.4 is 0 Å². The van der Waals surface area contributed by atoms with Crippen molar-refractivity contribution in [2.24, 2.45) is 11.8 Å². The number of nitrogens with zero attached hydrogens (tertiary/aromatic N) is 1. The predicted molar refractivity (Wildman–Crippen MR) is 88.9 cm³/mol. The number of benzene rings is 1. The van der Waals surface area contributed by atoms with Gasteiger partial charge in [0.1, 0.15) is 0 Å².